The van der Waals surface area contributed by atoms with Gasteiger partial charge in [0.15, 0.2) is 0 Å². The van der Waals surface area contributed by atoms with Gasteiger partial charge >= 0.3 is 0 Å². The number of piperazine rings is 1. The predicted octanol–water partition coefficient (Wildman–Crippen LogP) is 4.93. The highest BCUT2D eigenvalue weighted by atomic mass is 35.5. The van der Waals surface area contributed by atoms with Crippen molar-refractivity contribution in [3.8, 4) is 0 Å². The van der Waals surface area contributed by atoms with Gasteiger partial charge < -0.3 is 25.4 Å². The Bertz CT molecular complexity index is 1180. The molecule has 3 heterocycles. The van der Waals surface area contributed by atoms with Gasteiger partial charge in [-0.05, 0) is 56.4 Å². The van der Waals surface area contributed by atoms with E-state index in [-0.39, 0.29) is 12.4 Å². The molecule has 8 heteroatoms. The van der Waals surface area contributed by atoms with Crippen LogP contribution in [0.15, 0.2) is 60.9 Å². The van der Waals surface area contributed by atoms with E-state index < -0.39 is 0 Å². The Balaban J connectivity index is 0.00000245. The number of likely N-dealkylation sites (N-methyl/N-ethyl adjacent to an activating group) is 1. The number of aryl methyl sites for hydroxylation is 1. The Morgan fingerprint density at radius 2 is 1.72 bits per heavy atom. The number of aromatic amines is 1. The van der Waals surface area contributed by atoms with E-state index in [0.717, 1.165) is 59.8 Å². The van der Waals surface area contributed by atoms with Crippen molar-refractivity contribution in [1.82, 2.24) is 19.9 Å². The van der Waals surface area contributed by atoms with Crippen LogP contribution in [-0.4, -0.2) is 53.1 Å². The number of rotatable bonds is 5. The van der Waals surface area contributed by atoms with E-state index >= 15 is 0 Å². The lowest BCUT2D eigenvalue weighted by atomic mass is 10.2. The molecule has 2 aromatic heterocycles. The molecule has 7 nitrogen and oxygen atoms in total. The van der Waals surface area contributed by atoms with E-state index in [1.165, 1.54) is 5.69 Å². The van der Waals surface area contributed by atoms with Gasteiger partial charge in [-0.3, -0.25) is 0 Å². The minimum atomic E-state index is 0. The van der Waals surface area contributed by atoms with Crippen LogP contribution in [0.5, 0.6) is 0 Å². The fourth-order valence-electron chi connectivity index (χ4n) is 3.90. The number of halogens is 1. The summed E-state index contributed by atoms with van der Waals surface area (Å²) in [4.78, 5) is 17.2. The van der Waals surface area contributed by atoms with Crippen molar-refractivity contribution in [3.05, 3.63) is 66.5 Å². The monoisotopic (exact) mass is 449 g/mol. The molecule has 0 unspecified atom stereocenters. The zero-order valence-corrected chi connectivity index (χ0v) is 19.1. The molecule has 0 saturated carbocycles. The number of nitrogens with zero attached hydrogens (tertiary/aromatic N) is 4. The van der Waals surface area contributed by atoms with Crippen LogP contribution in [0, 0.1) is 6.92 Å². The van der Waals surface area contributed by atoms with E-state index in [4.69, 9.17) is 4.98 Å². The fourth-order valence-corrected chi connectivity index (χ4v) is 3.90. The molecule has 0 atom stereocenters. The molecule has 32 heavy (non-hydrogen) atoms. The average molecular weight is 450 g/mol. The highest BCUT2D eigenvalue weighted by Gasteiger charge is 2.14. The summed E-state index contributed by atoms with van der Waals surface area (Å²) in [5, 5.41) is 7.93. The molecule has 0 bridgehead atoms. The Kier molecular flexibility index (Phi) is 6.48. The second-order valence-electron chi connectivity index (χ2n) is 8.06. The molecule has 1 fully saturated rings. The summed E-state index contributed by atoms with van der Waals surface area (Å²) in [6.07, 6.45) is 3.79. The first-order valence-corrected chi connectivity index (χ1v) is 10.6. The molecule has 4 aromatic rings. The quantitative estimate of drug-likeness (QED) is 0.401. The second-order valence-corrected chi connectivity index (χ2v) is 8.06. The van der Waals surface area contributed by atoms with Gasteiger partial charge in [0.1, 0.15) is 5.82 Å². The maximum absolute atomic E-state index is 4.72. The molecule has 0 amide bonds. The second kappa shape index (κ2) is 9.46. The van der Waals surface area contributed by atoms with Gasteiger partial charge in [0.2, 0.25) is 5.95 Å². The Morgan fingerprint density at radius 1 is 0.938 bits per heavy atom. The van der Waals surface area contributed by atoms with E-state index in [2.05, 4.69) is 79.9 Å². The summed E-state index contributed by atoms with van der Waals surface area (Å²) in [7, 11) is 2.17. The van der Waals surface area contributed by atoms with Gasteiger partial charge in [-0.15, -0.1) is 12.4 Å². The first-order chi connectivity index (χ1) is 15.2. The lowest BCUT2D eigenvalue weighted by Crippen LogP contribution is -2.44. The third-order valence-corrected chi connectivity index (χ3v) is 5.81. The molecular weight excluding hydrogens is 422 g/mol. The van der Waals surface area contributed by atoms with Crippen molar-refractivity contribution in [2.24, 2.45) is 0 Å². The lowest BCUT2D eigenvalue weighted by molar-refractivity contribution is 0.313. The van der Waals surface area contributed by atoms with E-state index in [1.54, 1.807) is 0 Å². The zero-order valence-electron chi connectivity index (χ0n) is 18.3. The van der Waals surface area contributed by atoms with E-state index in [9.17, 15) is 0 Å². The van der Waals surface area contributed by atoms with Crippen molar-refractivity contribution in [1.29, 1.82) is 0 Å². The number of hydrogen-bond donors (Lipinski definition) is 3. The van der Waals surface area contributed by atoms with Gasteiger partial charge in [0, 0.05) is 72.1 Å². The summed E-state index contributed by atoms with van der Waals surface area (Å²) in [5.74, 6) is 1.36. The van der Waals surface area contributed by atoms with Crippen LogP contribution >= 0.6 is 12.4 Å². The van der Waals surface area contributed by atoms with Crippen LogP contribution < -0.4 is 15.5 Å². The van der Waals surface area contributed by atoms with Gasteiger partial charge in [0.25, 0.3) is 0 Å². The highest BCUT2D eigenvalue weighted by Crippen LogP contribution is 2.27. The molecule has 3 N–H and O–H groups in total. The van der Waals surface area contributed by atoms with E-state index in [0.29, 0.717) is 5.95 Å². The van der Waals surface area contributed by atoms with Crippen LogP contribution in [0.3, 0.4) is 0 Å². The summed E-state index contributed by atoms with van der Waals surface area (Å²) >= 11 is 0. The van der Waals surface area contributed by atoms with Crippen LogP contribution in [0.4, 0.5) is 28.8 Å². The molecule has 1 saturated heterocycles. The lowest BCUT2D eigenvalue weighted by Gasteiger charge is -2.34. The highest BCUT2D eigenvalue weighted by molar-refractivity contribution is 5.93. The maximum atomic E-state index is 4.72. The molecule has 1 aliphatic rings. The molecule has 1 aliphatic heterocycles. The molecule has 0 spiro atoms. The van der Waals surface area contributed by atoms with E-state index in [1.807, 2.05) is 25.4 Å². The number of fused-ring (bicyclic) bond motifs is 1. The summed E-state index contributed by atoms with van der Waals surface area (Å²) in [5.41, 5.74) is 5.33. The first kappa shape index (κ1) is 21.9. The summed E-state index contributed by atoms with van der Waals surface area (Å²) in [6, 6.07) is 16.7. The topological polar surface area (TPSA) is 72.1 Å². The van der Waals surface area contributed by atoms with Crippen molar-refractivity contribution < 1.29 is 0 Å². The molecular formula is C24H28ClN7. The molecule has 0 aliphatic carbocycles. The molecule has 2 aromatic carbocycles. The minimum Gasteiger partial charge on any atom is -0.369 e. The van der Waals surface area contributed by atoms with Gasteiger partial charge in [-0.1, -0.05) is 6.07 Å². The average Bonchev–Trinajstić information content (AvgIpc) is 3.27. The van der Waals surface area contributed by atoms with Crippen LogP contribution in [0.25, 0.3) is 10.9 Å². The third kappa shape index (κ3) is 4.64. The first-order valence-electron chi connectivity index (χ1n) is 10.6. The maximum Gasteiger partial charge on any atom is 0.229 e. The SMILES string of the molecule is Cc1cnc(Nc2ccc(N3CCN(C)CC3)cc2)nc1Nc1cccc2[nH]ccc12.Cl. The number of nitrogens with one attached hydrogen (secondary N) is 3. The van der Waals surface area contributed by atoms with Gasteiger partial charge in [-0.25, -0.2) is 4.98 Å². The molecule has 166 valence electrons. The van der Waals surface area contributed by atoms with Crippen molar-refractivity contribution in [3.63, 3.8) is 0 Å². The Hall–Kier alpha value is -3.29. The predicted molar refractivity (Wildman–Crippen MR) is 135 cm³/mol. The standard InChI is InChI=1S/C24H27N7.ClH/c1-17-16-26-24(29-23(17)28-22-5-3-4-21-20(22)10-11-25-21)27-18-6-8-19(9-7-18)31-14-12-30(2)13-15-31;/h3-11,16,25H,12-15H2,1-2H3,(H2,26,27,28,29);1H. The smallest absolute Gasteiger partial charge is 0.229 e. The Labute approximate surface area is 194 Å². The number of hydrogen-bond acceptors (Lipinski definition) is 6. The van der Waals surface area contributed by atoms with Crippen LogP contribution in [0.2, 0.25) is 0 Å². The van der Waals surface area contributed by atoms with Gasteiger partial charge in [0.05, 0.1) is 0 Å². The van der Waals surface area contributed by atoms with Crippen molar-refractivity contribution in [2.75, 3.05) is 48.8 Å². The van der Waals surface area contributed by atoms with Gasteiger partial charge in [-0.2, -0.15) is 4.98 Å². The number of aromatic nitrogens is 3. The molecule has 5 rings (SSSR count). The largest absolute Gasteiger partial charge is 0.369 e. The summed E-state index contributed by atoms with van der Waals surface area (Å²) < 4.78 is 0. The molecule has 0 radical (unpaired) electrons. The number of anilines is 5. The summed E-state index contributed by atoms with van der Waals surface area (Å²) in [6.45, 7) is 6.34. The Morgan fingerprint density at radius 3 is 2.50 bits per heavy atom. The minimum absolute atomic E-state index is 0. The zero-order chi connectivity index (χ0) is 21.2. The van der Waals surface area contributed by atoms with Crippen molar-refractivity contribution in [2.45, 2.75) is 6.92 Å². The van der Waals surface area contributed by atoms with Crippen LogP contribution in [0.1, 0.15) is 5.56 Å². The number of benzene rings is 2. The third-order valence-electron chi connectivity index (χ3n) is 5.81. The normalized spacial score (nSPS) is 14.2. The fraction of sp³-hybridized carbons (Fsp3) is 0.250. The van der Waals surface area contributed by atoms with Crippen molar-refractivity contribution >= 4 is 52.1 Å². The van der Waals surface area contributed by atoms with Crippen LogP contribution in [-0.2, 0) is 0 Å². The number of H-pyrrole nitrogens is 1.